The van der Waals surface area contributed by atoms with Crippen LogP contribution < -0.4 is 5.32 Å². The van der Waals surface area contributed by atoms with Crippen molar-refractivity contribution >= 4 is 29.2 Å². The van der Waals surface area contributed by atoms with Crippen molar-refractivity contribution in [2.45, 2.75) is 19.4 Å². The lowest BCUT2D eigenvalue weighted by atomic mass is 10.0. The Labute approximate surface area is 128 Å². The minimum absolute atomic E-state index is 0.0655. The first-order valence-electron chi connectivity index (χ1n) is 6.46. The van der Waals surface area contributed by atoms with Gasteiger partial charge >= 0.3 is 6.03 Å². The number of benzene rings is 1. The Balaban J connectivity index is 1.92. The number of hydrogen-bond donors (Lipinski definition) is 1. The van der Waals surface area contributed by atoms with Crippen LogP contribution in [-0.4, -0.2) is 24.0 Å². The van der Waals surface area contributed by atoms with Crippen LogP contribution >= 0.6 is 23.2 Å². The van der Waals surface area contributed by atoms with Crippen LogP contribution in [0, 0.1) is 17.2 Å². The Bertz CT molecular complexity index is 542. The van der Waals surface area contributed by atoms with Gasteiger partial charge in [0.1, 0.15) is 0 Å². The summed E-state index contributed by atoms with van der Waals surface area (Å²) in [6.45, 7) is 1.50. The second-order valence-electron chi connectivity index (χ2n) is 4.81. The van der Waals surface area contributed by atoms with E-state index in [0.717, 1.165) is 18.4 Å². The van der Waals surface area contributed by atoms with Gasteiger partial charge in [0.05, 0.1) is 12.0 Å². The fourth-order valence-electron chi connectivity index (χ4n) is 2.23. The number of hydrogen-bond acceptors (Lipinski definition) is 2. The number of nitrogens with zero attached hydrogens (tertiary/aromatic N) is 2. The van der Waals surface area contributed by atoms with E-state index in [1.807, 2.05) is 0 Å². The molecule has 20 heavy (non-hydrogen) atoms. The third-order valence-corrected chi connectivity index (χ3v) is 3.93. The summed E-state index contributed by atoms with van der Waals surface area (Å²) >= 11 is 11.9. The molecule has 0 radical (unpaired) electrons. The first-order valence-corrected chi connectivity index (χ1v) is 7.22. The highest BCUT2D eigenvalue weighted by molar-refractivity contribution is 6.33. The Morgan fingerprint density at radius 2 is 2.30 bits per heavy atom. The lowest BCUT2D eigenvalue weighted by Gasteiger charge is -2.29. The molecule has 1 heterocycles. The minimum Gasteiger partial charge on any atom is -0.334 e. The predicted octanol–water partition coefficient (Wildman–Crippen LogP) is 3.44. The largest absolute Gasteiger partial charge is 0.334 e. The summed E-state index contributed by atoms with van der Waals surface area (Å²) < 4.78 is 0. The van der Waals surface area contributed by atoms with E-state index in [-0.39, 0.29) is 11.9 Å². The molecule has 2 rings (SSSR count). The highest BCUT2D eigenvalue weighted by Crippen LogP contribution is 2.21. The van der Waals surface area contributed by atoms with E-state index < -0.39 is 0 Å². The van der Waals surface area contributed by atoms with E-state index in [0.29, 0.717) is 29.7 Å². The number of nitrogens with one attached hydrogen (secondary N) is 1. The molecule has 1 aliphatic rings. The van der Waals surface area contributed by atoms with E-state index in [1.54, 1.807) is 23.1 Å². The number of carbonyl (C=O) groups is 1. The lowest BCUT2D eigenvalue weighted by molar-refractivity contribution is 0.176. The molecule has 0 saturated carbocycles. The predicted molar refractivity (Wildman–Crippen MR) is 78.6 cm³/mol. The maximum atomic E-state index is 12.1. The quantitative estimate of drug-likeness (QED) is 0.909. The highest BCUT2D eigenvalue weighted by Gasteiger charge is 2.23. The van der Waals surface area contributed by atoms with Crippen molar-refractivity contribution < 1.29 is 4.79 Å². The van der Waals surface area contributed by atoms with Gasteiger partial charge in [0.25, 0.3) is 0 Å². The minimum atomic E-state index is -0.166. The van der Waals surface area contributed by atoms with Gasteiger partial charge in [-0.15, -0.1) is 0 Å². The van der Waals surface area contributed by atoms with Gasteiger partial charge in [0, 0.05) is 29.7 Å². The van der Waals surface area contributed by atoms with E-state index in [1.165, 1.54) is 0 Å². The zero-order valence-electron chi connectivity index (χ0n) is 10.9. The Morgan fingerprint density at radius 1 is 1.50 bits per heavy atom. The van der Waals surface area contributed by atoms with Gasteiger partial charge in [-0.05, 0) is 36.6 Å². The molecule has 1 aliphatic heterocycles. The zero-order chi connectivity index (χ0) is 14.5. The molecule has 1 fully saturated rings. The summed E-state index contributed by atoms with van der Waals surface area (Å²) in [7, 11) is 0. The molecule has 0 aromatic heterocycles. The van der Waals surface area contributed by atoms with Crippen molar-refractivity contribution in [1.29, 1.82) is 5.26 Å². The van der Waals surface area contributed by atoms with Crippen LogP contribution in [0.25, 0.3) is 0 Å². The molecular formula is C14H15Cl2N3O. The topological polar surface area (TPSA) is 56.1 Å². The number of nitriles is 1. The summed E-state index contributed by atoms with van der Waals surface area (Å²) in [6.07, 6.45) is 1.73. The van der Waals surface area contributed by atoms with E-state index in [9.17, 15) is 4.79 Å². The third kappa shape index (κ3) is 3.78. The van der Waals surface area contributed by atoms with Crippen LogP contribution in [0.3, 0.4) is 0 Å². The van der Waals surface area contributed by atoms with Crippen molar-refractivity contribution in [2.75, 3.05) is 13.1 Å². The maximum absolute atomic E-state index is 12.1. The number of likely N-dealkylation sites (tertiary alicyclic amines) is 1. The van der Waals surface area contributed by atoms with Gasteiger partial charge in [-0.3, -0.25) is 0 Å². The van der Waals surface area contributed by atoms with Crippen molar-refractivity contribution in [3.05, 3.63) is 33.8 Å². The summed E-state index contributed by atoms with van der Waals surface area (Å²) in [5, 5.41) is 12.9. The molecule has 106 valence electrons. The van der Waals surface area contributed by atoms with Crippen molar-refractivity contribution in [3.63, 3.8) is 0 Å². The Kier molecular flexibility index (Phi) is 5.11. The average molecular weight is 312 g/mol. The number of amides is 2. The summed E-state index contributed by atoms with van der Waals surface area (Å²) in [4.78, 5) is 13.7. The molecular weight excluding hydrogens is 297 g/mol. The number of piperidine rings is 1. The Hall–Kier alpha value is -1.44. The summed E-state index contributed by atoms with van der Waals surface area (Å²) in [6, 6.07) is 7.20. The van der Waals surface area contributed by atoms with Crippen LogP contribution in [0.1, 0.15) is 18.4 Å². The Morgan fingerprint density at radius 3 is 3.05 bits per heavy atom. The molecule has 1 saturated heterocycles. The molecule has 1 unspecified atom stereocenters. The van der Waals surface area contributed by atoms with Crippen LogP contribution in [0.5, 0.6) is 0 Å². The van der Waals surface area contributed by atoms with Gasteiger partial charge in [-0.25, -0.2) is 4.79 Å². The van der Waals surface area contributed by atoms with Gasteiger partial charge in [-0.2, -0.15) is 5.26 Å². The maximum Gasteiger partial charge on any atom is 0.317 e. The molecule has 1 N–H and O–H groups in total. The van der Waals surface area contributed by atoms with Crippen LogP contribution in [0.15, 0.2) is 18.2 Å². The van der Waals surface area contributed by atoms with Gasteiger partial charge in [0.15, 0.2) is 0 Å². The second-order valence-corrected chi connectivity index (χ2v) is 5.65. The molecule has 0 bridgehead atoms. The van der Waals surface area contributed by atoms with Crippen molar-refractivity contribution in [3.8, 4) is 6.07 Å². The standard InChI is InChI=1S/C14H15Cl2N3O/c15-12-3-4-13(16)11(6-12)8-18-14(20)19-5-1-2-10(7-17)9-19/h3-4,6,10H,1-2,5,8-9H2,(H,18,20). The number of urea groups is 1. The number of carbonyl (C=O) groups excluding carboxylic acids is 1. The molecule has 1 aromatic carbocycles. The molecule has 2 amide bonds. The van der Waals surface area contributed by atoms with Gasteiger partial charge in [-0.1, -0.05) is 23.2 Å². The SMILES string of the molecule is N#CC1CCCN(C(=O)NCc2cc(Cl)ccc2Cl)C1. The van der Waals surface area contributed by atoms with Crippen molar-refractivity contribution in [1.82, 2.24) is 10.2 Å². The molecule has 0 spiro atoms. The lowest BCUT2D eigenvalue weighted by Crippen LogP contribution is -2.45. The number of halogens is 2. The normalized spacial score (nSPS) is 18.4. The summed E-state index contributed by atoms with van der Waals surface area (Å²) in [5.41, 5.74) is 0.779. The summed E-state index contributed by atoms with van der Waals surface area (Å²) in [5.74, 6) is -0.0655. The van der Waals surface area contributed by atoms with E-state index in [2.05, 4.69) is 11.4 Å². The molecule has 0 aliphatic carbocycles. The molecule has 1 atom stereocenters. The fourth-order valence-corrected chi connectivity index (χ4v) is 2.61. The first-order chi connectivity index (χ1) is 9.60. The van der Waals surface area contributed by atoms with E-state index in [4.69, 9.17) is 28.5 Å². The first kappa shape index (κ1) is 15.0. The molecule has 4 nitrogen and oxygen atoms in total. The van der Waals surface area contributed by atoms with Gasteiger partial charge in [0.2, 0.25) is 0 Å². The fraction of sp³-hybridized carbons (Fsp3) is 0.429. The van der Waals surface area contributed by atoms with Gasteiger partial charge < -0.3 is 10.2 Å². The monoisotopic (exact) mass is 311 g/mol. The van der Waals surface area contributed by atoms with E-state index >= 15 is 0 Å². The third-order valence-electron chi connectivity index (χ3n) is 3.33. The van der Waals surface area contributed by atoms with Crippen molar-refractivity contribution in [2.24, 2.45) is 5.92 Å². The smallest absolute Gasteiger partial charge is 0.317 e. The highest BCUT2D eigenvalue weighted by atomic mass is 35.5. The number of rotatable bonds is 2. The molecule has 6 heteroatoms. The molecule has 1 aromatic rings. The van der Waals surface area contributed by atoms with Crippen LogP contribution in [0.4, 0.5) is 4.79 Å². The van der Waals surface area contributed by atoms with Crippen LogP contribution in [-0.2, 0) is 6.54 Å². The second kappa shape index (κ2) is 6.83. The van der Waals surface area contributed by atoms with Crippen LogP contribution in [0.2, 0.25) is 10.0 Å². The average Bonchev–Trinajstić information content (AvgIpc) is 2.48. The zero-order valence-corrected chi connectivity index (χ0v) is 12.4.